The van der Waals surface area contributed by atoms with Crippen LogP contribution in [0.2, 0.25) is 0 Å². The van der Waals surface area contributed by atoms with Gasteiger partial charge in [0.25, 0.3) is 0 Å². The van der Waals surface area contributed by atoms with Crippen LogP contribution >= 0.6 is 0 Å². The van der Waals surface area contributed by atoms with Gasteiger partial charge in [0.1, 0.15) is 6.61 Å². The topological polar surface area (TPSA) is 115 Å². The Morgan fingerprint density at radius 3 is 2.67 bits per heavy atom. The number of rotatable bonds is 2. The maximum atomic E-state index is 12.4. The zero-order valence-corrected chi connectivity index (χ0v) is 15.8. The van der Waals surface area contributed by atoms with Crippen molar-refractivity contribution in [3.63, 3.8) is 0 Å². The van der Waals surface area contributed by atoms with Crippen LogP contribution < -0.4 is 0 Å². The van der Waals surface area contributed by atoms with Crippen LogP contribution in [0.5, 0.6) is 0 Å². The summed E-state index contributed by atoms with van der Waals surface area (Å²) < 4.78 is 0. The van der Waals surface area contributed by atoms with Crippen LogP contribution in [0.1, 0.15) is 39.5 Å². The lowest BCUT2D eigenvalue weighted by Gasteiger charge is -2.59. The summed E-state index contributed by atoms with van der Waals surface area (Å²) in [6.07, 6.45) is 4.97. The molecule has 6 nitrogen and oxygen atoms in total. The number of fused-ring (bicyclic) bond motifs is 5. The van der Waals surface area contributed by atoms with Gasteiger partial charge in [0, 0.05) is 16.7 Å². The van der Waals surface area contributed by atoms with Crippen LogP contribution in [-0.2, 0) is 9.59 Å². The van der Waals surface area contributed by atoms with Gasteiger partial charge in [-0.3, -0.25) is 9.59 Å². The molecule has 0 spiro atoms. The highest BCUT2D eigenvalue weighted by molar-refractivity contribution is 6.01. The van der Waals surface area contributed by atoms with E-state index in [0.717, 1.165) is 18.4 Å². The summed E-state index contributed by atoms with van der Waals surface area (Å²) in [7, 11) is 0. The van der Waals surface area contributed by atoms with Crippen LogP contribution in [0.25, 0.3) is 0 Å². The minimum atomic E-state index is -2.05. The molecule has 0 aromatic heterocycles. The number of aliphatic hydroxyl groups is 4. The molecule has 6 heteroatoms. The van der Waals surface area contributed by atoms with Gasteiger partial charge >= 0.3 is 0 Å². The number of carbonyl (C=O) groups is 2. The molecule has 148 valence electrons. The van der Waals surface area contributed by atoms with Crippen molar-refractivity contribution in [3.8, 4) is 0 Å². The van der Waals surface area contributed by atoms with Gasteiger partial charge in [-0.25, -0.2) is 0 Å². The molecule has 3 fully saturated rings. The van der Waals surface area contributed by atoms with E-state index in [-0.39, 0.29) is 36.4 Å². The van der Waals surface area contributed by atoms with Crippen LogP contribution in [0.3, 0.4) is 0 Å². The summed E-state index contributed by atoms with van der Waals surface area (Å²) in [6, 6.07) is 0. The van der Waals surface area contributed by atoms with Crippen molar-refractivity contribution in [2.24, 2.45) is 28.6 Å². The van der Waals surface area contributed by atoms with Gasteiger partial charge in [-0.2, -0.15) is 0 Å². The van der Waals surface area contributed by atoms with Gasteiger partial charge in [0.2, 0.25) is 0 Å². The molecule has 27 heavy (non-hydrogen) atoms. The highest BCUT2D eigenvalue weighted by Gasteiger charge is 2.71. The van der Waals surface area contributed by atoms with E-state index in [1.54, 1.807) is 19.1 Å². The number of aliphatic hydroxyl groups excluding tert-OH is 3. The van der Waals surface area contributed by atoms with Crippen LogP contribution in [0, 0.1) is 28.6 Å². The van der Waals surface area contributed by atoms with Gasteiger partial charge in [-0.05, 0) is 49.7 Å². The molecule has 4 aliphatic carbocycles. The Labute approximate surface area is 158 Å². The van der Waals surface area contributed by atoms with Crippen LogP contribution in [-0.4, -0.2) is 56.4 Å². The molecular weight excluding hydrogens is 348 g/mol. The first kappa shape index (κ1) is 19.0. The summed E-state index contributed by atoms with van der Waals surface area (Å²) in [5.74, 6) is -1.09. The molecule has 0 aromatic rings. The molecule has 2 unspecified atom stereocenters. The van der Waals surface area contributed by atoms with Crippen molar-refractivity contribution >= 4 is 11.6 Å². The predicted octanol–water partition coefficient (Wildman–Crippen LogP) is 0.528. The lowest BCUT2D eigenvalue weighted by molar-refractivity contribution is -0.190. The molecule has 4 rings (SSSR count). The van der Waals surface area contributed by atoms with Crippen molar-refractivity contribution in [2.75, 3.05) is 6.61 Å². The third-order valence-corrected chi connectivity index (χ3v) is 8.28. The first-order valence-corrected chi connectivity index (χ1v) is 9.76. The summed E-state index contributed by atoms with van der Waals surface area (Å²) in [4.78, 5) is 24.2. The lowest BCUT2D eigenvalue weighted by Crippen LogP contribution is -2.63. The first-order valence-electron chi connectivity index (χ1n) is 9.76. The zero-order valence-electron chi connectivity index (χ0n) is 15.8. The van der Waals surface area contributed by atoms with Gasteiger partial charge < -0.3 is 20.4 Å². The second-order valence-corrected chi connectivity index (χ2v) is 9.31. The smallest absolute Gasteiger partial charge is 0.192 e. The molecule has 8 atom stereocenters. The Kier molecular flexibility index (Phi) is 4.10. The maximum Gasteiger partial charge on any atom is 0.192 e. The summed E-state index contributed by atoms with van der Waals surface area (Å²) in [5.41, 5.74) is -2.46. The molecule has 0 radical (unpaired) electrons. The Hall–Kier alpha value is -1.34. The van der Waals surface area contributed by atoms with Gasteiger partial charge in [0.15, 0.2) is 17.2 Å². The monoisotopic (exact) mass is 376 g/mol. The highest BCUT2D eigenvalue weighted by atomic mass is 16.4. The molecule has 4 aliphatic rings. The average Bonchev–Trinajstić information content (AvgIpc) is 2.82. The normalized spacial score (nSPS) is 51.3. The van der Waals surface area contributed by atoms with Gasteiger partial charge in [-0.15, -0.1) is 0 Å². The zero-order chi connectivity index (χ0) is 19.8. The molecule has 3 saturated carbocycles. The third-order valence-electron chi connectivity index (χ3n) is 8.28. The molecule has 0 aromatic carbocycles. The second kappa shape index (κ2) is 5.83. The molecular formula is C21H28O6. The molecule has 4 N–H and O–H groups in total. The van der Waals surface area contributed by atoms with Crippen molar-refractivity contribution in [3.05, 3.63) is 23.8 Å². The lowest BCUT2D eigenvalue weighted by atomic mass is 9.46. The fraction of sp³-hybridized carbons (Fsp3) is 0.714. The summed E-state index contributed by atoms with van der Waals surface area (Å²) in [5, 5.41) is 42.3. The number of carbonyl (C=O) groups excluding carboxylic acids is 2. The van der Waals surface area contributed by atoms with E-state index in [1.165, 1.54) is 0 Å². The largest absolute Gasteiger partial charge is 0.393 e. The second-order valence-electron chi connectivity index (χ2n) is 9.31. The number of hydrogen-bond donors (Lipinski definition) is 4. The Morgan fingerprint density at radius 2 is 2.00 bits per heavy atom. The van der Waals surface area contributed by atoms with Crippen molar-refractivity contribution in [2.45, 2.75) is 57.3 Å². The van der Waals surface area contributed by atoms with Crippen LogP contribution in [0.4, 0.5) is 0 Å². The van der Waals surface area contributed by atoms with Gasteiger partial charge in [-0.1, -0.05) is 25.5 Å². The van der Waals surface area contributed by atoms with E-state index >= 15 is 0 Å². The third kappa shape index (κ3) is 2.21. The SMILES string of the molecule is CC12C[C@H](O)[C@H]3C(CCC4=CC(=O)C=C[C@@]43C)[C@@H]1C[C@@H](O)[C@]2(O)C(=O)CO. The number of allylic oxidation sites excluding steroid dienone is 4. The number of Topliss-reactive ketones (excluding diaryl/α,β-unsaturated/α-hetero) is 1. The van der Waals surface area contributed by atoms with Gasteiger partial charge in [0.05, 0.1) is 12.2 Å². The Bertz CT molecular complexity index is 756. The van der Waals surface area contributed by atoms with E-state index in [1.807, 2.05) is 13.0 Å². The average molecular weight is 376 g/mol. The van der Waals surface area contributed by atoms with E-state index in [4.69, 9.17) is 0 Å². The highest BCUT2D eigenvalue weighted by Crippen LogP contribution is 2.67. The van der Waals surface area contributed by atoms with Crippen molar-refractivity contribution in [1.29, 1.82) is 0 Å². The molecule has 0 aliphatic heterocycles. The predicted molar refractivity (Wildman–Crippen MR) is 96.4 cm³/mol. The molecule has 0 saturated heterocycles. The Morgan fingerprint density at radius 1 is 1.30 bits per heavy atom. The number of hydrogen-bond acceptors (Lipinski definition) is 6. The number of ketones is 2. The maximum absolute atomic E-state index is 12.4. The summed E-state index contributed by atoms with van der Waals surface area (Å²) in [6.45, 7) is 2.96. The van der Waals surface area contributed by atoms with Crippen molar-refractivity contribution < 1.29 is 30.0 Å². The van der Waals surface area contributed by atoms with Crippen LogP contribution in [0.15, 0.2) is 23.8 Å². The fourth-order valence-corrected chi connectivity index (χ4v) is 6.96. The molecule has 0 bridgehead atoms. The fourth-order valence-electron chi connectivity index (χ4n) is 6.96. The minimum absolute atomic E-state index is 0.00826. The van der Waals surface area contributed by atoms with E-state index in [9.17, 15) is 30.0 Å². The van der Waals surface area contributed by atoms with E-state index < -0.39 is 41.0 Å². The van der Waals surface area contributed by atoms with E-state index in [2.05, 4.69) is 0 Å². The Balaban J connectivity index is 1.78. The molecule has 0 heterocycles. The minimum Gasteiger partial charge on any atom is -0.393 e. The van der Waals surface area contributed by atoms with E-state index in [0.29, 0.717) is 0 Å². The molecule has 0 amide bonds. The quantitative estimate of drug-likeness (QED) is 0.559. The first-order chi connectivity index (χ1) is 12.6. The summed E-state index contributed by atoms with van der Waals surface area (Å²) >= 11 is 0. The standard InChI is InChI=1S/C21H28O6/c1-19-6-5-12(23)7-11(19)3-4-13-14-8-16(25)21(27,17(26)10-22)20(14,2)9-15(24)18(13)19/h5-7,13-16,18,22,24-25,27H,3-4,8-10H2,1-2H3/t13?,14-,15-,16+,18+,19-,20?,21-/m0/s1. The van der Waals surface area contributed by atoms with Crippen molar-refractivity contribution in [1.82, 2.24) is 0 Å².